The first-order valence-electron chi connectivity index (χ1n) is 10.4. The SMILES string of the molecule is CC(O)Nc1ccc(-c2cccc(-c3cc(C#N)nc(N4CCNCC4)c3)c2O)cc1F. The molecule has 4 rings (SSSR count). The van der Waals surface area contributed by atoms with E-state index in [9.17, 15) is 19.9 Å². The minimum Gasteiger partial charge on any atom is -0.507 e. The molecule has 1 fully saturated rings. The molecule has 1 unspecified atom stereocenters. The Balaban J connectivity index is 1.74. The highest BCUT2D eigenvalue weighted by Gasteiger charge is 2.17. The highest BCUT2D eigenvalue weighted by Crippen LogP contribution is 2.39. The average Bonchev–Trinajstić information content (AvgIpc) is 2.80. The Morgan fingerprint density at radius 3 is 2.50 bits per heavy atom. The lowest BCUT2D eigenvalue weighted by molar-refractivity contribution is 0.224. The molecule has 2 heterocycles. The number of aliphatic hydroxyl groups is 1. The van der Waals surface area contributed by atoms with Crippen molar-refractivity contribution >= 4 is 11.5 Å². The first kappa shape index (κ1) is 21.6. The van der Waals surface area contributed by atoms with Crippen molar-refractivity contribution in [2.45, 2.75) is 13.2 Å². The number of halogens is 1. The second kappa shape index (κ2) is 9.22. The number of piperazine rings is 1. The number of hydrogen-bond donors (Lipinski definition) is 4. The third kappa shape index (κ3) is 4.49. The van der Waals surface area contributed by atoms with Crippen LogP contribution in [0.25, 0.3) is 22.3 Å². The van der Waals surface area contributed by atoms with Gasteiger partial charge in [-0.1, -0.05) is 24.3 Å². The highest BCUT2D eigenvalue weighted by atomic mass is 19.1. The summed E-state index contributed by atoms with van der Waals surface area (Å²) in [6.07, 6.45) is -0.891. The van der Waals surface area contributed by atoms with E-state index in [1.807, 2.05) is 6.07 Å². The highest BCUT2D eigenvalue weighted by molar-refractivity contribution is 5.83. The van der Waals surface area contributed by atoms with Crippen molar-refractivity contribution in [1.82, 2.24) is 10.3 Å². The maximum atomic E-state index is 14.5. The van der Waals surface area contributed by atoms with E-state index in [-0.39, 0.29) is 17.1 Å². The number of hydrogen-bond acceptors (Lipinski definition) is 7. The van der Waals surface area contributed by atoms with Gasteiger partial charge in [0.2, 0.25) is 0 Å². The van der Waals surface area contributed by atoms with Gasteiger partial charge >= 0.3 is 0 Å². The maximum Gasteiger partial charge on any atom is 0.146 e. The van der Waals surface area contributed by atoms with Crippen LogP contribution in [0.5, 0.6) is 5.75 Å². The van der Waals surface area contributed by atoms with Gasteiger partial charge in [-0.25, -0.2) is 9.37 Å². The van der Waals surface area contributed by atoms with E-state index in [4.69, 9.17) is 0 Å². The molecule has 7 nitrogen and oxygen atoms in total. The summed E-state index contributed by atoms with van der Waals surface area (Å²) in [6.45, 7) is 4.72. The zero-order chi connectivity index (χ0) is 22.7. The molecule has 1 aliphatic heterocycles. The number of rotatable bonds is 5. The molecule has 1 saturated heterocycles. The summed E-state index contributed by atoms with van der Waals surface area (Å²) in [5.74, 6) is 0.138. The molecule has 1 aliphatic rings. The van der Waals surface area contributed by atoms with E-state index in [1.54, 1.807) is 30.3 Å². The molecular formula is C24H24FN5O2. The van der Waals surface area contributed by atoms with E-state index >= 15 is 0 Å². The first-order chi connectivity index (χ1) is 15.5. The van der Waals surface area contributed by atoms with Gasteiger partial charge < -0.3 is 25.7 Å². The molecule has 0 radical (unpaired) electrons. The number of aliphatic hydroxyl groups excluding tert-OH is 1. The predicted molar refractivity (Wildman–Crippen MR) is 122 cm³/mol. The van der Waals surface area contributed by atoms with Crippen LogP contribution in [0.3, 0.4) is 0 Å². The molecule has 0 aliphatic carbocycles. The van der Waals surface area contributed by atoms with Crippen LogP contribution in [0.2, 0.25) is 0 Å². The van der Waals surface area contributed by atoms with Crippen LogP contribution in [0.1, 0.15) is 12.6 Å². The van der Waals surface area contributed by atoms with Crippen molar-refractivity contribution in [2.75, 3.05) is 36.4 Å². The molecule has 164 valence electrons. The van der Waals surface area contributed by atoms with Crippen LogP contribution in [0.4, 0.5) is 15.9 Å². The van der Waals surface area contributed by atoms with Gasteiger partial charge in [0.15, 0.2) is 0 Å². The van der Waals surface area contributed by atoms with Gasteiger partial charge in [-0.2, -0.15) is 5.26 Å². The quantitative estimate of drug-likeness (QED) is 0.458. The monoisotopic (exact) mass is 433 g/mol. The third-order valence-corrected chi connectivity index (χ3v) is 5.36. The molecule has 0 spiro atoms. The third-order valence-electron chi connectivity index (χ3n) is 5.36. The molecule has 1 aromatic heterocycles. The van der Waals surface area contributed by atoms with E-state index < -0.39 is 12.0 Å². The molecule has 2 aromatic carbocycles. The summed E-state index contributed by atoms with van der Waals surface area (Å²) in [6, 6.07) is 15.3. The number of benzene rings is 2. The normalized spacial score (nSPS) is 14.6. The average molecular weight is 433 g/mol. The second-order valence-electron chi connectivity index (χ2n) is 7.66. The van der Waals surface area contributed by atoms with Crippen LogP contribution in [0.15, 0.2) is 48.5 Å². The molecule has 0 amide bonds. The predicted octanol–water partition coefficient (Wildman–Crippen LogP) is 3.29. The number of aromatic nitrogens is 1. The summed E-state index contributed by atoms with van der Waals surface area (Å²) in [5.41, 5.74) is 2.59. The van der Waals surface area contributed by atoms with Gasteiger partial charge in [0.05, 0.1) is 5.69 Å². The molecule has 3 aromatic rings. The molecule has 1 atom stereocenters. The number of phenolic OH excluding ortho intramolecular Hbond substituents is 1. The lowest BCUT2D eigenvalue weighted by atomic mass is 9.97. The summed E-state index contributed by atoms with van der Waals surface area (Å²) in [7, 11) is 0. The second-order valence-corrected chi connectivity index (χ2v) is 7.66. The van der Waals surface area contributed by atoms with E-state index in [0.717, 1.165) is 26.2 Å². The van der Waals surface area contributed by atoms with Gasteiger partial charge in [0, 0.05) is 37.3 Å². The number of phenols is 1. The number of nitriles is 1. The zero-order valence-electron chi connectivity index (χ0n) is 17.6. The van der Waals surface area contributed by atoms with Gasteiger partial charge in [0.1, 0.15) is 35.4 Å². The fourth-order valence-electron chi connectivity index (χ4n) is 3.82. The smallest absolute Gasteiger partial charge is 0.146 e. The lowest BCUT2D eigenvalue weighted by Crippen LogP contribution is -2.43. The summed E-state index contributed by atoms with van der Waals surface area (Å²) in [5, 5.41) is 35.9. The van der Waals surface area contributed by atoms with Crippen LogP contribution in [-0.4, -0.2) is 47.6 Å². The Bertz CT molecular complexity index is 1170. The fourth-order valence-corrected chi connectivity index (χ4v) is 3.82. The number of nitrogens with zero attached hydrogens (tertiary/aromatic N) is 3. The molecule has 32 heavy (non-hydrogen) atoms. The number of nitrogens with one attached hydrogen (secondary N) is 2. The number of para-hydroxylation sites is 1. The van der Waals surface area contributed by atoms with E-state index in [2.05, 4.69) is 26.6 Å². The Kier molecular flexibility index (Phi) is 6.21. The van der Waals surface area contributed by atoms with E-state index in [0.29, 0.717) is 28.1 Å². The minimum atomic E-state index is -0.891. The van der Waals surface area contributed by atoms with Crippen molar-refractivity contribution in [3.8, 4) is 34.1 Å². The van der Waals surface area contributed by atoms with Crippen molar-refractivity contribution in [2.24, 2.45) is 0 Å². The summed E-state index contributed by atoms with van der Waals surface area (Å²) in [4.78, 5) is 6.54. The van der Waals surface area contributed by atoms with Gasteiger partial charge in [-0.05, 0) is 42.3 Å². The lowest BCUT2D eigenvalue weighted by Gasteiger charge is -2.28. The summed E-state index contributed by atoms with van der Waals surface area (Å²) >= 11 is 0. The van der Waals surface area contributed by atoms with Gasteiger partial charge in [-0.15, -0.1) is 0 Å². The molecule has 0 bridgehead atoms. The standard InChI is InChI=1S/C24H24FN5O2/c1-15(31)28-22-6-5-16(12-21(22)25)19-3-2-4-20(24(19)32)17-11-18(14-26)29-23(13-17)30-9-7-27-8-10-30/h2-6,11-13,15,27-28,31-32H,7-10H2,1H3. The minimum absolute atomic E-state index is 0.00974. The number of anilines is 2. The van der Waals surface area contributed by atoms with Gasteiger partial charge in [-0.3, -0.25) is 0 Å². The largest absolute Gasteiger partial charge is 0.507 e. The van der Waals surface area contributed by atoms with Crippen molar-refractivity contribution in [3.63, 3.8) is 0 Å². The Hall–Kier alpha value is -3.67. The van der Waals surface area contributed by atoms with Gasteiger partial charge in [0.25, 0.3) is 0 Å². The molecular weight excluding hydrogens is 409 g/mol. The topological polar surface area (TPSA) is 104 Å². The van der Waals surface area contributed by atoms with Crippen molar-refractivity contribution < 1.29 is 14.6 Å². The number of aromatic hydroxyl groups is 1. The van der Waals surface area contributed by atoms with Crippen molar-refractivity contribution in [3.05, 3.63) is 60.0 Å². The maximum absolute atomic E-state index is 14.5. The Labute approximate surface area is 185 Å². The Morgan fingerprint density at radius 2 is 1.84 bits per heavy atom. The molecule has 0 saturated carbocycles. The van der Waals surface area contributed by atoms with E-state index in [1.165, 1.54) is 19.1 Å². The van der Waals surface area contributed by atoms with Crippen LogP contribution >= 0.6 is 0 Å². The zero-order valence-corrected chi connectivity index (χ0v) is 17.6. The summed E-state index contributed by atoms with van der Waals surface area (Å²) < 4.78 is 14.5. The molecule has 4 N–H and O–H groups in total. The van der Waals surface area contributed by atoms with Crippen LogP contribution in [0, 0.1) is 17.1 Å². The Morgan fingerprint density at radius 1 is 1.12 bits per heavy atom. The molecule has 8 heteroatoms. The fraction of sp³-hybridized carbons (Fsp3) is 0.250. The number of pyridine rings is 1. The first-order valence-corrected chi connectivity index (χ1v) is 10.4. The van der Waals surface area contributed by atoms with Crippen molar-refractivity contribution in [1.29, 1.82) is 5.26 Å². The van der Waals surface area contributed by atoms with Crippen LogP contribution in [-0.2, 0) is 0 Å². The van der Waals surface area contributed by atoms with Crippen LogP contribution < -0.4 is 15.5 Å².